The van der Waals surface area contributed by atoms with Crippen molar-refractivity contribution in [3.8, 4) is 0 Å². The molecule has 3 N–H and O–H groups in total. The molecule has 1 unspecified atom stereocenters. The zero-order valence-electron chi connectivity index (χ0n) is 9.65. The standard InChI is InChI=1S/C11H17N3O2S/c12-4-3-10-14-9(7-17-10)11(15)13-8-2-1-5-16-6-8/h7-8H,1-6,12H2,(H,13,15). The van der Waals surface area contributed by atoms with Gasteiger partial charge in [0.2, 0.25) is 0 Å². The van der Waals surface area contributed by atoms with Gasteiger partial charge in [-0.05, 0) is 19.4 Å². The van der Waals surface area contributed by atoms with E-state index in [2.05, 4.69) is 10.3 Å². The Bertz CT molecular complexity index is 375. The molecule has 6 heteroatoms. The maximum absolute atomic E-state index is 11.9. The lowest BCUT2D eigenvalue weighted by molar-refractivity contribution is 0.0622. The van der Waals surface area contributed by atoms with Crippen molar-refractivity contribution in [3.05, 3.63) is 16.1 Å². The lowest BCUT2D eigenvalue weighted by Crippen LogP contribution is -2.40. The van der Waals surface area contributed by atoms with Crippen LogP contribution in [0, 0.1) is 0 Å². The molecule has 0 spiro atoms. The van der Waals surface area contributed by atoms with E-state index in [0.717, 1.165) is 30.9 Å². The Kier molecular flexibility index (Phi) is 4.47. The van der Waals surface area contributed by atoms with Gasteiger partial charge >= 0.3 is 0 Å². The van der Waals surface area contributed by atoms with Crippen LogP contribution in [0.5, 0.6) is 0 Å². The lowest BCUT2D eigenvalue weighted by Gasteiger charge is -2.22. The molecule has 1 aliphatic heterocycles. The largest absolute Gasteiger partial charge is 0.379 e. The van der Waals surface area contributed by atoms with Gasteiger partial charge in [-0.25, -0.2) is 4.98 Å². The van der Waals surface area contributed by atoms with E-state index < -0.39 is 0 Å². The van der Waals surface area contributed by atoms with Gasteiger partial charge in [0.05, 0.1) is 17.7 Å². The first-order valence-electron chi connectivity index (χ1n) is 5.82. The second-order valence-electron chi connectivity index (χ2n) is 4.05. The average Bonchev–Trinajstić information content (AvgIpc) is 2.79. The predicted molar refractivity (Wildman–Crippen MR) is 66.2 cm³/mol. The number of nitrogens with two attached hydrogens (primary N) is 1. The molecule has 0 aromatic carbocycles. The summed E-state index contributed by atoms with van der Waals surface area (Å²) in [5.41, 5.74) is 5.93. The number of hydrogen-bond donors (Lipinski definition) is 2. The second kappa shape index (κ2) is 6.09. The molecule has 94 valence electrons. The zero-order valence-corrected chi connectivity index (χ0v) is 10.5. The summed E-state index contributed by atoms with van der Waals surface area (Å²) in [6.45, 7) is 1.96. The highest BCUT2D eigenvalue weighted by atomic mass is 32.1. The summed E-state index contributed by atoms with van der Waals surface area (Å²) >= 11 is 1.48. The number of carbonyl (C=O) groups excluding carboxylic acids is 1. The average molecular weight is 255 g/mol. The molecule has 1 amide bonds. The molecule has 0 bridgehead atoms. The van der Waals surface area contributed by atoms with Crippen molar-refractivity contribution >= 4 is 17.2 Å². The Labute approximate surface area is 104 Å². The fourth-order valence-corrected chi connectivity index (χ4v) is 2.56. The molecule has 5 nitrogen and oxygen atoms in total. The third kappa shape index (κ3) is 3.49. The third-order valence-electron chi connectivity index (χ3n) is 2.64. The molecule has 1 aromatic heterocycles. The molecule has 2 heterocycles. The molecule has 0 saturated carbocycles. The summed E-state index contributed by atoms with van der Waals surface area (Å²) < 4.78 is 5.31. The van der Waals surface area contributed by atoms with E-state index in [-0.39, 0.29) is 11.9 Å². The van der Waals surface area contributed by atoms with Gasteiger partial charge < -0.3 is 15.8 Å². The Morgan fingerprint density at radius 1 is 1.71 bits per heavy atom. The molecular formula is C11H17N3O2S. The number of nitrogens with one attached hydrogen (secondary N) is 1. The van der Waals surface area contributed by atoms with Gasteiger partial charge in [-0.3, -0.25) is 4.79 Å². The number of thiazole rings is 1. The van der Waals surface area contributed by atoms with Gasteiger partial charge in [0.1, 0.15) is 5.69 Å². The maximum Gasteiger partial charge on any atom is 0.271 e. The molecule has 1 aromatic rings. The minimum absolute atomic E-state index is 0.111. The van der Waals surface area contributed by atoms with E-state index in [9.17, 15) is 4.79 Å². The molecule has 0 radical (unpaired) electrons. The fourth-order valence-electron chi connectivity index (χ4n) is 1.77. The van der Waals surface area contributed by atoms with Crippen LogP contribution in [0.1, 0.15) is 28.3 Å². The van der Waals surface area contributed by atoms with Crippen LogP contribution in [0.15, 0.2) is 5.38 Å². The van der Waals surface area contributed by atoms with E-state index in [1.165, 1.54) is 11.3 Å². The zero-order chi connectivity index (χ0) is 12.1. The number of amides is 1. The summed E-state index contributed by atoms with van der Waals surface area (Å²) in [5.74, 6) is -0.111. The minimum atomic E-state index is -0.111. The van der Waals surface area contributed by atoms with Crippen LogP contribution < -0.4 is 11.1 Å². The lowest BCUT2D eigenvalue weighted by atomic mass is 10.1. The van der Waals surface area contributed by atoms with Gasteiger partial charge in [0.25, 0.3) is 5.91 Å². The van der Waals surface area contributed by atoms with Gasteiger partial charge in [0.15, 0.2) is 0 Å². The first-order valence-corrected chi connectivity index (χ1v) is 6.70. The van der Waals surface area contributed by atoms with Crippen molar-refractivity contribution in [1.29, 1.82) is 0 Å². The van der Waals surface area contributed by atoms with Crippen molar-refractivity contribution < 1.29 is 9.53 Å². The van der Waals surface area contributed by atoms with E-state index in [1.54, 1.807) is 5.38 Å². The SMILES string of the molecule is NCCc1nc(C(=O)NC2CCCOC2)cs1. The van der Waals surface area contributed by atoms with Crippen LogP contribution in [-0.2, 0) is 11.2 Å². The van der Waals surface area contributed by atoms with Crippen LogP contribution in [0.25, 0.3) is 0 Å². The Morgan fingerprint density at radius 3 is 3.29 bits per heavy atom. The predicted octanol–water partition coefficient (Wildman–Crippen LogP) is 0.553. The molecule has 1 saturated heterocycles. The Hall–Kier alpha value is -0.980. The summed E-state index contributed by atoms with van der Waals surface area (Å²) in [5, 5.41) is 5.64. The summed E-state index contributed by atoms with van der Waals surface area (Å²) in [6, 6.07) is 0.121. The van der Waals surface area contributed by atoms with Crippen molar-refractivity contribution in [3.63, 3.8) is 0 Å². The maximum atomic E-state index is 11.9. The van der Waals surface area contributed by atoms with Gasteiger partial charge in [0, 0.05) is 18.4 Å². The van der Waals surface area contributed by atoms with Crippen LogP contribution in [0.3, 0.4) is 0 Å². The Morgan fingerprint density at radius 2 is 2.59 bits per heavy atom. The van der Waals surface area contributed by atoms with E-state index in [0.29, 0.717) is 18.8 Å². The van der Waals surface area contributed by atoms with E-state index in [1.807, 2.05) is 0 Å². The molecule has 2 rings (SSSR count). The Balaban J connectivity index is 1.89. The highest BCUT2D eigenvalue weighted by Crippen LogP contribution is 2.11. The normalized spacial score (nSPS) is 20.2. The van der Waals surface area contributed by atoms with Crippen molar-refractivity contribution in [2.24, 2.45) is 5.73 Å². The number of carbonyl (C=O) groups is 1. The van der Waals surface area contributed by atoms with Gasteiger partial charge in [-0.15, -0.1) is 11.3 Å². The fraction of sp³-hybridized carbons (Fsp3) is 0.636. The highest BCUT2D eigenvalue weighted by molar-refractivity contribution is 7.09. The number of hydrogen-bond acceptors (Lipinski definition) is 5. The minimum Gasteiger partial charge on any atom is -0.379 e. The number of nitrogens with zero attached hydrogens (tertiary/aromatic N) is 1. The third-order valence-corrected chi connectivity index (χ3v) is 3.55. The van der Waals surface area contributed by atoms with Crippen LogP contribution in [0.2, 0.25) is 0 Å². The first kappa shape index (κ1) is 12.5. The van der Waals surface area contributed by atoms with E-state index in [4.69, 9.17) is 10.5 Å². The first-order chi connectivity index (χ1) is 8.29. The van der Waals surface area contributed by atoms with Crippen LogP contribution in [-0.4, -0.2) is 36.7 Å². The monoisotopic (exact) mass is 255 g/mol. The quantitative estimate of drug-likeness (QED) is 0.824. The molecule has 1 aliphatic rings. The second-order valence-corrected chi connectivity index (χ2v) is 5.00. The number of aromatic nitrogens is 1. The molecule has 1 fully saturated rings. The summed E-state index contributed by atoms with van der Waals surface area (Å²) in [7, 11) is 0. The molecule has 1 atom stereocenters. The van der Waals surface area contributed by atoms with Crippen molar-refractivity contribution in [1.82, 2.24) is 10.3 Å². The number of ether oxygens (including phenoxy) is 1. The summed E-state index contributed by atoms with van der Waals surface area (Å²) in [6.07, 6.45) is 2.70. The van der Waals surface area contributed by atoms with Gasteiger partial charge in [-0.2, -0.15) is 0 Å². The smallest absolute Gasteiger partial charge is 0.271 e. The topological polar surface area (TPSA) is 77.2 Å². The van der Waals surface area contributed by atoms with E-state index >= 15 is 0 Å². The summed E-state index contributed by atoms with van der Waals surface area (Å²) in [4.78, 5) is 16.1. The van der Waals surface area contributed by atoms with Crippen molar-refractivity contribution in [2.75, 3.05) is 19.8 Å². The van der Waals surface area contributed by atoms with Crippen LogP contribution in [0.4, 0.5) is 0 Å². The molecule has 17 heavy (non-hydrogen) atoms. The molecule has 0 aliphatic carbocycles. The molecular weight excluding hydrogens is 238 g/mol. The van der Waals surface area contributed by atoms with Crippen LogP contribution >= 0.6 is 11.3 Å². The highest BCUT2D eigenvalue weighted by Gasteiger charge is 2.18. The van der Waals surface area contributed by atoms with Crippen molar-refractivity contribution in [2.45, 2.75) is 25.3 Å². The number of rotatable bonds is 4. The van der Waals surface area contributed by atoms with Gasteiger partial charge in [-0.1, -0.05) is 0 Å².